The highest BCUT2D eigenvalue weighted by Crippen LogP contribution is 2.26. The molecule has 1 aliphatic carbocycles. The Morgan fingerprint density at radius 3 is 2.40 bits per heavy atom. The maximum atomic E-state index is 12.2. The van der Waals surface area contributed by atoms with E-state index in [-0.39, 0.29) is 11.9 Å². The molecular formula is C17H26N2O. The molecule has 0 aromatic heterocycles. The molecule has 110 valence electrons. The molecule has 0 radical (unpaired) electrons. The van der Waals surface area contributed by atoms with E-state index >= 15 is 0 Å². The van der Waals surface area contributed by atoms with Gasteiger partial charge in [0.25, 0.3) is 0 Å². The lowest BCUT2D eigenvalue weighted by Gasteiger charge is -2.29. The standard InChI is InChI=1S/C17H26N2O/c1-12-8-10-15(11-9-12)16(18)17(20)19-13(2)14-6-4-3-5-7-14/h8-11,13-14,16H,3-7,18H2,1-2H3,(H,19,20)/t13-,16?/m1/s1. The second-order valence-corrected chi connectivity index (χ2v) is 6.08. The fourth-order valence-corrected chi connectivity index (χ4v) is 2.99. The van der Waals surface area contributed by atoms with Gasteiger partial charge in [0.1, 0.15) is 6.04 Å². The zero-order chi connectivity index (χ0) is 14.5. The van der Waals surface area contributed by atoms with Crippen molar-refractivity contribution in [3.05, 3.63) is 35.4 Å². The summed E-state index contributed by atoms with van der Waals surface area (Å²) in [5.41, 5.74) is 8.11. The van der Waals surface area contributed by atoms with Crippen molar-refractivity contribution in [1.82, 2.24) is 5.32 Å². The number of nitrogens with one attached hydrogen (secondary N) is 1. The van der Waals surface area contributed by atoms with Crippen LogP contribution in [0.3, 0.4) is 0 Å². The Morgan fingerprint density at radius 2 is 1.80 bits per heavy atom. The molecule has 3 heteroatoms. The zero-order valence-corrected chi connectivity index (χ0v) is 12.6. The third kappa shape index (κ3) is 3.83. The molecule has 0 saturated heterocycles. The third-order valence-corrected chi connectivity index (χ3v) is 4.45. The Bertz CT molecular complexity index is 435. The number of benzene rings is 1. The van der Waals surface area contributed by atoms with E-state index in [0.29, 0.717) is 5.92 Å². The molecule has 2 atom stereocenters. The topological polar surface area (TPSA) is 55.1 Å². The molecule has 0 spiro atoms. The molecule has 0 bridgehead atoms. The Kier molecular flexibility index (Phi) is 5.18. The van der Waals surface area contributed by atoms with Crippen molar-refractivity contribution in [2.24, 2.45) is 11.7 Å². The van der Waals surface area contributed by atoms with Crippen LogP contribution in [0.2, 0.25) is 0 Å². The average molecular weight is 274 g/mol. The van der Waals surface area contributed by atoms with Gasteiger partial charge >= 0.3 is 0 Å². The maximum absolute atomic E-state index is 12.2. The van der Waals surface area contributed by atoms with Gasteiger partial charge in [0.2, 0.25) is 5.91 Å². The summed E-state index contributed by atoms with van der Waals surface area (Å²) in [6, 6.07) is 7.51. The maximum Gasteiger partial charge on any atom is 0.241 e. The molecule has 3 N–H and O–H groups in total. The van der Waals surface area contributed by atoms with E-state index in [1.807, 2.05) is 31.2 Å². The van der Waals surface area contributed by atoms with Crippen molar-refractivity contribution in [3.8, 4) is 0 Å². The van der Waals surface area contributed by atoms with Crippen LogP contribution in [0, 0.1) is 12.8 Å². The van der Waals surface area contributed by atoms with Crippen molar-refractivity contribution in [1.29, 1.82) is 0 Å². The summed E-state index contributed by atoms with van der Waals surface area (Å²) in [7, 11) is 0. The van der Waals surface area contributed by atoms with Crippen molar-refractivity contribution in [3.63, 3.8) is 0 Å². The van der Waals surface area contributed by atoms with Gasteiger partial charge in [-0.1, -0.05) is 49.1 Å². The molecule has 1 aromatic carbocycles. The quantitative estimate of drug-likeness (QED) is 0.886. The molecule has 1 fully saturated rings. The first-order valence-corrected chi connectivity index (χ1v) is 7.70. The van der Waals surface area contributed by atoms with Crippen molar-refractivity contribution >= 4 is 5.91 Å². The summed E-state index contributed by atoms with van der Waals surface area (Å²) in [5, 5.41) is 3.10. The summed E-state index contributed by atoms with van der Waals surface area (Å²) in [6.07, 6.45) is 6.35. The van der Waals surface area contributed by atoms with Gasteiger partial charge in [-0.2, -0.15) is 0 Å². The average Bonchev–Trinajstić information content (AvgIpc) is 2.48. The monoisotopic (exact) mass is 274 g/mol. The van der Waals surface area contributed by atoms with Crippen LogP contribution in [0.4, 0.5) is 0 Å². The number of aryl methyl sites for hydroxylation is 1. The van der Waals surface area contributed by atoms with Crippen LogP contribution in [-0.4, -0.2) is 11.9 Å². The van der Waals surface area contributed by atoms with E-state index in [2.05, 4.69) is 12.2 Å². The van der Waals surface area contributed by atoms with Gasteiger partial charge in [0.15, 0.2) is 0 Å². The number of carbonyl (C=O) groups excluding carboxylic acids is 1. The van der Waals surface area contributed by atoms with Crippen LogP contribution < -0.4 is 11.1 Å². The lowest BCUT2D eigenvalue weighted by Crippen LogP contribution is -2.43. The highest BCUT2D eigenvalue weighted by Gasteiger charge is 2.24. The number of nitrogens with two attached hydrogens (primary N) is 1. The Hall–Kier alpha value is -1.35. The fourth-order valence-electron chi connectivity index (χ4n) is 2.99. The van der Waals surface area contributed by atoms with Gasteiger partial charge in [-0.3, -0.25) is 4.79 Å². The SMILES string of the molecule is Cc1ccc(C(N)C(=O)N[C@H](C)C2CCCCC2)cc1. The highest BCUT2D eigenvalue weighted by atomic mass is 16.2. The molecule has 1 aromatic rings. The molecule has 20 heavy (non-hydrogen) atoms. The second kappa shape index (κ2) is 6.89. The van der Waals surface area contributed by atoms with E-state index in [1.165, 1.54) is 37.7 Å². The van der Waals surface area contributed by atoms with Crippen LogP contribution >= 0.6 is 0 Å². The van der Waals surface area contributed by atoms with E-state index in [1.54, 1.807) is 0 Å². The number of hydrogen-bond acceptors (Lipinski definition) is 2. The predicted octanol–water partition coefficient (Wildman–Crippen LogP) is 3.08. The van der Waals surface area contributed by atoms with Gasteiger partial charge < -0.3 is 11.1 Å². The van der Waals surface area contributed by atoms with Gasteiger partial charge in [0.05, 0.1) is 0 Å². The van der Waals surface area contributed by atoms with Crippen LogP contribution in [0.25, 0.3) is 0 Å². The van der Waals surface area contributed by atoms with Gasteiger partial charge in [-0.25, -0.2) is 0 Å². The molecule has 0 aliphatic heterocycles. The van der Waals surface area contributed by atoms with E-state index in [0.717, 1.165) is 5.56 Å². The van der Waals surface area contributed by atoms with Crippen LogP contribution in [0.1, 0.15) is 56.2 Å². The summed E-state index contributed by atoms with van der Waals surface area (Å²) in [5.74, 6) is 0.546. The molecule has 3 nitrogen and oxygen atoms in total. The molecule has 2 rings (SSSR count). The molecule has 1 aliphatic rings. The third-order valence-electron chi connectivity index (χ3n) is 4.45. The summed E-state index contributed by atoms with van der Waals surface area (Å²) < 4.78 is 0. The van der Waals surface area contributed by atoms with E-state index in [9.17, 15) is 4.79 Å². The number of carbonyl (C=O) groups is 1. The van der Waals surface area contributed by atoms with Crippen molar-refractivity contribution in [2.75, 3.05) is 0 Å². The number of hydrogen-bond donors (Lipinski definition) is 2. The molecular weight excluding hydrogens is 248 g/mol. The van der Waals surface area contributed by atoms with Crippen molar-refractivity contribution in [2.45, 2.75) is 58.0 Å². The van der Waals surface area contributed by atoms with Gasteiger partial charge in [-0.05, 0) is 38.2 Å². The Morgan fingerprint density at radius 1 is 1.20 bits per heavy atom. The van der Waals surface area contributed by atoms with Crippen LogP contribution in [0.5, 0.6) is 0 Å². The minimum atomic E-state index is -0.568. The fraction of sp³-hybridized carbons (Fsp3) is 0.588. The number of rotatable bonds is 4. The highest BCUT2D eigenvalue weighted by molar-refractivity contribution is 5.83. The normalized spacial score (nSPS) is 19.4. The minimum Gasteiger partial charge on any atom is -0.352 e. The summed E-state index contributed by atoms with van der Waals surface area (Å²) in [4.78, 5) is 12.2. The second-order valence-electron chi connectivity index (χ2n) is 6.08. The lowest BCUT2D eigenvalue weighted by molar-refractivity contribution is -0.123. The Labute approximate surface area is 121 Å². The first kappa shape index (κ1) is 15.0. The Balaban J connectivity index is 1.91. The van der Waals surface area contributed by atoms with Gasteiger partial charge in [-0.15, -0.1) is 0 Å². The molecule has 1 saturated carbocycles. The van der Waals surface area contributed by atoms with E-state index < -0.39 is 6.04 Å². The molecule has 0 heterocycles. The number of amides is 1. The first-order chi connectivity index (χ1) is 9.58. The largest absolute Gasteiger partial charge is 0.352 e. The predicted molar refractivity (Wildman–Crippen MR) is 82.3 cm³/mol. The lowest BCUT2D eigenvalue weighted by atomic mass is 9.84. The molecule has 1 amide bonds. The summed E-state index contributed by atoms with van der Waals surface area (Å²) >= 11 is 0. The first-order valence-electron chi connectivity index (χ1n) is 7.70. The zero-order valence-electron chi connectivity index (χ0n) is 12.6. The molecule has 1 unspecified atom stereocenters. The smallest absolute Gasteiger partial charge is 0.241 e. The summed E-state index contributed by atoms with van der Waals surface area (Å²) in [6.45, 7) is 4.14. The minimum absolute atomic E-state index is 0.0630. The van der Waals surface area contributed by atoms with Crippen LogP contribution in [-0.2, 0) is 4.79 Å². The van der Waals surface area contributed by atoms with Crippen molar-refractivity contribution < 1.29 is 4.79 Å². The van der Waals surface area contributed by atoms with Crippen LogP contribution in [0.15, 0.2) is 24.3 Å². The van der Waals surface area contributed by atoms with Gasteiger partial charge in [0, 0.05) is 6.04 Å². The van der Waals surface area contributed by atoms with E-state index in [4.69, 9.17) is 5.73 Å².